The predicted molar refractivity (Wildman–Crippen MR) is 64.2 cm³/mol. The fourth-order valence-electron chi connectivity index (χ4n) is 1.68. The largest absolute Gasteiger partial charge is 0.325 e. The summed E-state index contributed by atoms with van der Waals surface area (Å²) in [6.45, 7) is 11.4. The fourth-order valence-corrected chi connectivity index (χ4v) is 3.31. The topological polar surface area (TPSA) is 52.6 Å². The Labute approximate surface area is 93.6 Å². The quantitative estimate of drug-likeness (QED) is 0.703. The van der Waals surface area contributed by atoms with Crippen LogP contribution in [0.4, 0.5) is 0 Å². The number of hydrogen-bond acceptors (Lipinski definition) is 4. The van der Waals surface area contributed by atoms with Crippen LogP contribution < -0.4 is 0 Å². The van der Waals surface area contributed by atoms with Crippen LogP contribution in [0.1, 0.15) is 41.0 Å². The summed E-state index contributed by atoms with van der Waals surface area (Å²) in [5.74, 6) is 0. The summed E-state index contributed by atoms with van der Waals surface area (Å²) in [6, 6.07) is 0. The third-order valence-electron chi connectivity index (χ3n) is 1.54. The second-order valence-electron chi connectivity index (χ2n) is 5.44. The van der Waals surface area contributed by atoms with Gasteiger partial charge in [0.2, 0.25) is 0 Å². The molecule has 0 aliphatic heterocycles. The number of rotatable bonds is 5. The van der Waals surface area contributed by atoms with Gasteiger partial charge in [-0.3, -0.25) is 13.4 Å². The average Bonchev–Trinajstić information content (AvgIpc) is 1.73. The molecule has 0 aromatic rings. The highest BCUT2D eigenvalue weighted by molar-refractivity contribution is 7.50. The molecule has 0 fully saturated rings. The van der Waals surface area contributed by atoms with E-state index >= 15 is 0 Å². The first-order valence-corrected chi connectivity index (χ1v) is 7.97. The van der Waals surface area contributed by atoms with E-state index in [1.807, 2.05) is 13.8 Å². The van der Waals surface area contributed by atoms with Gasteiger partial charge in [0, 0.05) is 6.66 Å². The maximum atomic E-state index is 11.3. The van der Waals surface area contributed by atoms with Gasteiger partial charge in [-0.1, -0.05) is 20.8 Å². The number of hydrogen-bond donors (Lipinski definition) is 0. The molecule has 4 nitrogen and oxygen atoms in total. The first-order chi connectivity index (χ1) is 6.52. The normalized spacial score (nSPS) is 17.5. The zero-order valence-corrected chi connectivity index (χ0v) is 12.3. The van der Waals surface area contributed by atoms with E-state index in [2.05, 4.69) is 25.1 Å². The molecule has 0 aromatic carbocycles. The molecule has 0 aliphatic carbocycles. The Hall–Kier alpha value is 0.380. The monoisotopic (exact) mass is 256 g/mol. The van der Waals surface area contributed by atoms with Crippen LogP contribution in [-0.2, 0) is 18.0 Å². The molecule has 2 unspecified atom stereocenters. The maximum absolute atomic E-state index is 11.3. The maximum Gasteiger partial charge on any atom is 0.325 e. The van der Waals surface area contributed by atoms with E-state index in [0.717, 1.165) is 6.42 Å². The molecule has 0 rings (SSSR count). The van der Waals surface area contributed by atoms with Crippen molar-refractivity contribution in [3.8, 4) is 0 Å². The summed E-state index contributed by atoms with van der Waals surface area (Å²) in [7, 11) is -4.83. The van der Waals surface area contributed by atoms with Crippen molar-refractivity contribution in [2.75, 3.05) is 6.66 Å². The van der Waals surface area contributed by atoms with Crippen molar-refractivity contribution in [2.24, 2.45) is 5.41 Å². The van der Waals surface area contributed by atoms with Crippen molar-refractivity contribution in [1.82, 2.24) is 0 Å². The molecule has 6 heteroatoms. The van der Waals surface area contributed by atoms with Crippen LogP contribution in [0.3, 0.4) is 0 Å². The lowest BCUT2D eigenvalue weighted by Gasteiger charge is -2.31. The Bertz CT molecular complexity index is 255. The second kappa shape index (κ2) is 5.63. The van der Waals surface area contributed by atoms with Gasteiger partial charge in [-0.25, -0.2) is 0 Å². The molecule has 0 radical (unpaired) electrons. The lowest BCUT2D eigenvalue weighted by atomic mass is 9.84. The molecule has 0 heterocycles. The Morgan fingerprint density at radius 1 is 1.07 bits per heavy atom. The summed E-state index contributed by atoms with van der Waals surface area (Å²) in [5, 5.41) is 0. The molecule has 15 heavy (non-hydrogen) atoms. The zero-order chi connectivity index (χ0) is 12.3. The van der Waals surface area contributed by atoms with E-state index in [9.17, 15) is 9.13 Å². The van der Waals surface area contributed by atoms with E-state index in [-0.39, 0.29) is 5.41 Å². The van der Waals surface area contributed by atoms with Gasteiger partial charge < -0.3 is 4.52 Å². The van der Waals surface area contributed by atoms with Gasteiger partial charge in [0.15, 0.2) is 8.03 Å². The van der Waals surface area contributed by atoms with E-state index in [4.69, 9.17) is 4.52 Å². The van der Waals surface area contributed by atoms with Crippen LogP contribution in [-0.4, -0.2) is 12.3 Å². The van der Waals surface area contributed by atoms with Crippen LogP contribution in [0.5, 0.6) is 0 Å². The Balaban J connectivity index is 4.25. The highest BCUT2D eigenvalue weighted by atomic mass is 31.2. The van der Waals surface area contributed by atoms with Gasteiger partial charge in [0.05, 0.1) is 5.60 Å². The van der Waals surface area contributed by atoms with Crippen LogP contribution in [0.25, 0.3) is 0 Å². The Morgan fingerprint density at radius 2 is 1.53 bits per heavy atom. The standard InChI is InChI=1S/C9H22O4P2/c1-8(2,3)7-9(4,5)12-15(11)13-14(6)10/h14-15H,7H2,1-6H3. The lowest BCUT2D eigenvalue weighted by molar-refractivity contribution is 0.0612. The summed E-state index contributed by atoms with van der Waals surface area (Å²) in [5.41, 5.74) is -0.436. The molecule has 0 spiro atoms. The van der Waals surface area contributed by atoms with E-state index in [1.54, 1.807) is 0 Å². The van der Waals surface area contributed by atoms with Crippen molar-refractivity contribution in [1.29, 1.82) is 0 Å². The summed E-state index contributed by atoms with van der Waals surface area (Å²) < 4.78 is 32.0. The van der Waals surface area contributed by atoms with Crippen LogP contribution in [0.2, 0.25) is 0 Å². The summed E-state index contributed by atoms with van der Waals surface area (Å²) >= 11 is 0. The van der Waals surface area contributed by atoms with Crippen LogP contribution in [0, 0.1) is 5.41 Å². The van der Waals surface area contributed by atoms with E-state index in [0.29, 0.717) is 0 Å². The fraction of sp³-hybridized carbons (Fsp3) is 1.00. The Kier molecular flexibility index (Phi) is 5.77. The van der Waals surface area contributed by atoms with E-state index < -0.39 is 21.9 Å². The van der Waals surface area contributed by atoms with Gasteiger partial charge in [0.25, 0.3) is 0 Å². The van der Waals surface area contributed by atoms with Gasteiger partial charge in [-0.05, 0) is 25.7 Å². The van der Waals surface area contributed by atoms with Crippen molar-refractivity contribution in [3.63, 3.8) is 0 Å². The summed E-state index contributed by atoms with van der Waals surface area (Å²) in [6.07, 6.45) is 0.754. The molecule has 0 saturated carbocycles. The zero-order valence-electron chi connectivity index (χ0n) is 10.3. The molecule has 92 valence electrons. The van der Waals surface area contributed by atoms with Crippen LogP contribution >= 0.6 is 16.3 Å². The summed E-state index contributed by atoms with van der Waals surface area (Å²) in [4.78, 5) is 0. The first-order valence-electron chi connectivity index (χ1n) is 4.93. The average molecular weight is 256 g/mol. The molecule has 0 amide bonds. The van der Waals surface area contributed by atoms with Crippen LogP contribution in [0.15, 0.2) is 0 Å². The minimum Gasteiger partial charge on any atom is -0.304 e. The Morgan fingerprint density at radius 3 is 1.87 bits per heavy atom. The molecule has 0 aliphatic rings. The smallest absolute Gasteiger partial charge is 0.304 e. The van der Waals surface area contributed by atoms with Crippen molar-refractivity contribution < 1.29 is 18.0 Å². The van der Waals surface area contributed by atoms with Crippen molar-refractivity contribution >= 4 is 16.3 Å². The highest BCUT2D eigenvalue weighted by Gasteiger charge is 2.28. The SMILES string of the molecule is C[PH](=O)O[PH](=O)OC(C)(C)CC(C)(C)C. The minimum absolute atomic E-state index is 0.0864. The molecule has 0 saturated heterocycles. The van der Waals surface area contributed by atoms with Gasteiger partial charge in [-0.15, -0.1) is 0 Å². The third-order valence-corrected chi connectivity index (χ3v) is 4.08. The van der Waals surface area contributed by atoms with Gasteiger partial charge in [-0.2, -0.15) is 0 Å². The van der Waals surface area contributed by atoms with Crippen molar-refractivity contribution in [2.45, 2.75) is 46.6 Å². The predicted octanol–water partition coefficient (Wildman–Crippen LogP) is 3.73. The molecule has 0 aromatic heterocycles. The van der Waals surface area contributed by atoms with E-state index in [1.165, 1.54) is 6.66 Å². The van der Waals surface area contributed by atoms with Gasteiger partial charge in [0.1, 0.15) is 0 Å². The molecule has 0 bridgehead atoms. The molecule has 2 atom stereocenters. The van der Waals surface area contributed by atoms with Gasteiger partial charge >= 0.3 is 8.25 Å². The molecule has 0 N–H and O–H groups in total. The minimum atomic E-state index is -2.64. The highest BCUT2D eigenvalue weighted by Crippen LogP contribution is 2.42. The molecular formula is C9H22O4P2. The molecular weight excluding hydrogens is 234 g/mol. The third kappa shape index (κ3) is 9.32. The second-order valence-corrected chi connectivity index (χ2v) is 7.95. The lowest BCUT2D eigenvalue weighted by Crippen LogP contribution is -2.28. The first kappa shape index (κ1) is 15.4. The van der Waals surface area contributed by atoms with Crippen molar-refractivity contribution in [3.05, 3.63) is 0 Å².